The number of anilines is 1. The molecule has 2 N–H and O–H groups in total. The van der Waals surface area contributed by atoms with E-state index in [0.29, 0.717) is 11.5 Å². The first kappa shape index (κ1) is 17.0. The monoisotopic (exact) mass is 323 g/mol. The summed E-state index contributed by atoms with van der Waals surface area (Å²) in [5.74, 6) is 0. The normalized spacial score (nSPS) is 11.4. The molecule has 2 rings (SSSR count). The summed E-state index contributed by atoms with van der Waals surface area (Å²) in [6, 6.07) is 16.4. The maximum atomic E-state index is 8.68. The molecule has 0 aromatic heterocycles. The molecule has 118 valence electrons. The zero-order valence-electron chi connectivity index (χ0n) is 13.7. The van der Waals surface area contributed by atoms with Gasteiger partial charge in [0.2, 0.25) is 0 Å². The molecule has 23 heavy (non-hydrogen) atoms. The minimum atomic E-state index is 0.133. The largest absolute Gasteiger partial charge is 0.356 e. The standard InChI is InChI=1S/C19H21N3S/c1-13-4-9-18(14(2)12-13)15(3)21-19(23)22-17-7-5-16(6-8-17)10-11-20/h4-9,12,15H,10H2,1-3H3,(H2,21,22,23)/t15-/m0/s1. The Hall–Kier alpha value is -2.38. The fourth-order valence-corrected chi connectivity index (χ4v) is 2.84. The lowest BCUT2D eigenvalue weighted by Crippen LogP contribution is -2.31. The van der Waals surface area contributed by atoms with Crippen molar-refractivity contribution in [3.8, 4) is 6.07 Å². The first-order chi connectivity index (χ1) is 11.0. The average Bonchev–Trinajstić information content (AvgIpc) is 2.49. The predicted molar refractivity (Wildman–Crippen MR) is 99.4 cm³/mol. The Kier molecular flexibility index (Phi) is 5.72. The fourth-order valence-electron chi connectivity index (χ4n) is 2.55. The van der Waals surface area contributed by atoms with Gasteiger partial charge in [-0.3, -0.25) is 0 Å². The summed E-state index contributed by atoms with van der Waals surface area (Å²) in [4.78, 5) is 0. The van der Waals surface area contributed by atoms with Gasteiger partial charge in [0.15, 0.2) is 5.11 Å². The van der Waals surface area contributed by atoms with Gasteiger partial charge in [-0.1, -0.05) is 35.9 Å². The maximum Gasteiger partial charge on any atom is 0.171 e. The molecule has 0 fully saturated rings. The molecule has 0 bridgehead atoms. The van der Waals surface area contributed by atoms with Gasteiger partial charge in [0.25, 0.3) is 0 Å². The molecule has 3 nitrogen and oxygen atoms in total. The van der Waals surface area contributed by atoms with E-state index in [9.17, 15) is 0 Å². The first-order valence-corrected chi connectivity index (χ1v) is 8.01. The van der Waals surface area contributed by atoms with Crippen molar-refractivity contribution < 1.29 is 0 Å². The lowest BCUT2D eigenvalue weighted by atomic mass is 10.0. The molecule has 4 heteroatoms. The van der Waals surface area contributed by atoms with Gasteiger partial charge in [-0.2, -0.15) is 5.26 Å². The molecule has 0 saturated carbocycles. The molecule has 2 aromatic rings. The highest BCUT2D eigenvalue weighted by molar-refractivity contribution is 7.80. The van der Waals surface area contributed by atoms with Crippen LogP contribution >= 0.6 is 12.2 Å². The topological polar surface area (TPSA) is 47.8 Å². The van der Waals surface area contributed by atoms with Crippen molar-refractivity contribution in [3.05, 3.63) is 64.7 Å². The summed E-state index contributed by atoms with van der Waals surface area (Å²) in [5, 5.41) is 15.8. The molecule has 0 amide bonds. The summed E-state index contributed by atoms with van der Waals surface area (Å²) in [5.41, 5.74) is 5.67. The minimum absolute atomic E-state index is 0.133. The predicted octanol–water partition coefficient (Wildman–Crippen LogP) is 4.42. The van der Waals surface area contributed by atoms with Crippen LogP contribution in [-0.4, -0.2) is 5.11 Å². The molecule has 0 unspecified atom stereocenters. The van der Waals surface area contributed by atoms with Crippen molar-refractivity contribution in [2.24, 2.45) is 0 Å². The summed E-state index contributed by atoms with van der Waals surface area (Å²) in [7, 11) is 0. The minimum Gasteiger partial charge on any atom is -0.356 e. The second kappa shape index (κ2) is 7.75. The third-order valence-electron chi connectivity index (χ3n) is 3.73. The molecule has 0 saturated heterocycles. The second-order valence-corrected chi connectivity index (χ2v) is 6.12. The Bertz CT molecular complexity index is 729. The van der Waals surface area contributed by atoms with Crippen molar-refractivity contribution in [2.75, 3.05) is 5.32 Å². The van der Waals surface area contributed by atoms with Gasteiger partial charge in [-0.05, 0) is 61.8 Å². The van der Waals surface area contributed by atoms with Crippen molar-refractivity contribution in [1.29, 1.82) is 5.26 Å². The van der Waals surface area contributed by atoms with Crippen LogP contribution in [0.25, 0.3) is 0 Å². The molecule has 0 aliphatic rings. The van der Waals surface area contributed by atoms with Crippen LogP contribution in [0.3, 0.4) is 0 Å². The third kappa shape index (κ3) is 4.80. The molecule has 0 radical (unpaired) electrons. The van der Waals surface area contributed by atoms with Crippen LogP contribution in [0.1, 0.15) is 35.2 Å². The van der Waals surface area contributed by atoms with Crippen LogP contribution in [0.4, 0.5) is 5.69 Å². The van der Waals surface area contributed by atoms with E-state index in [0.717, 1.165) is 11.3 Å². The number of nitriles is 1. The van der Waals surface area contributed by atoms with E-state index >= 15 is 0 Å². The fraction of sp³-hybridized carbons (Fsp3) is 0.263. The number of hydrogen-bond donors (Lipinski definition) is 2. The van der Waals surface area contributed by atoms with E-state index in [4.69, 9.17) is 17.5 Å². The van der Waals surface area contributed by atoms with E-state index in [2.05, 4.69) is 55.7 Å². The Morgan fingerprint density at radius 1 is 1.17 bits per heavy atom. The number of rotatable bonds is 4. The molecule has 1 atom stereocenters. The summed E-state index contributed by atoms with van der Waals surface area (Å²) in [6.07, 6.45) is 0.423. The van der Waals surface area contributed by atoms with Gasteiger partial charge in [-0.25, -0.2) is 0 Å². The van der Waals surface area contributed by atoms with Crippen molar-refractivity contribution in [2.45, 2.75) is 33.2 Å². The van der Waals surface area contributed by atoms with Gasteiger partial charge < -0.3 is 10.6 Å². The zero-order chi connectivity index (χ0) is 16.8. The van der Waals surface area contributed by atoms with E-state index < -0.39 is 0 Å². The second-order valence-electron chi connectivity index (χ2n) is 5.71. The van der Waals surface area contributed by atoms with Crippen LogP contribution in [0, 0.1) is 25.2 Å². The Morgan fingerprint density at radius 2 is 1.87 bits per heavy atom. The van der Waals surface area contributed by atoms with Crippen LogP contribution in [0.15, 0.2) is 42.5 Å². The molecule has 2 aromatic carbocycles. The number of nitrogens with zero attached hydrogens (tertiary/aromatic N) is 1. The van der Waals surface area contributed by atoms with Crippen LogP contribution < -0.4 is 10.6 Å². The quantitative estimate of drug-likeness (QED) is 0.818. The van der Waals surface area contributed by atoms with Crippen LogP contribution in [-0.2, 0) is 6.42 Å². The highest BCUT2D eigenvalue weighted by Gasteiger charge is 2.09. The summed E-state index contributed by atoms with van der Waals surface area (Å²) < 4.78 is 0. The molecule has 0 aliphatic carbocycles. The van der Waals surface area contributed by atoms with E-state index in [1.54, 1.807) is 0 Å². The van der Waals surface area contributed by atoms with Crippen molar-refractivity contribution in [3.63, 3.8) is 0 Å². The Morgan fingerprint density at radius 3 is 2.48 bits per heavy atom. The van der Waals surface area contributed by atoms with Crippen LogP contribution in [0.5, 0.6) is 0 Å². The highest BCUT2D eigenvalue weighted by atomic mass is 32.1. The van der Waals surface area contributed by atoms with Gasteiger partial charge in [0.1, 0.15) is 0 Å². The first-order valence-electron chi connectivity index (χ1n) is 7.60. The van der Waals surface area contributed by atoms with Crippen molar-refractivity contribution in [1.82, 2.24) is 5.32 Å². The number of aryl methyl sites for hydroxylation is 2. The molecule has 0 heterocycles. The summed E-state index contributed by atoms with van der Waals surface area (Å²) >= 11 is 5.39. The van der Waals surface area contributed by atoms with E-state index in [-0.39, 0.29) is 6.04 Å². The number of benzene rings is 2. The lowest BCUT2D eigenvalue weighted by Gasteiger charge is -2.19. The third-order valence-corrected chi connectivity index (χ3v) is 3.95. The number of hydrogen-bond acceptors (Lipinski definition) is 2. The van der Waals surface area contributed by atoms with Crippen LogP contribution in [0.2, 0.25) is 0 Å². The SMILES string of the molecule is Cc1ccc([C@H](C)NC(=S)Nc2ccc(CC#N)cc2)c(C)c1. The Labute approximate surface area is 143 Å². The molecular formula is C19H21N3S. The van der Waals surface area contributed by atoms with Gasteiger partial charge in [-0.15, -0.1) is 0 Å². The highest BCUT2D eigenvalue weighted by Crippen LogP contribution is 2.19. The van der Waals surface area contributed by atoms with E-state index in [1.165, 1.54) is 16.7 Å². The van der Waals surface area contributed by atoms with Crippen molar-refractivity contribution >= 4 is 23.0 Å². The number of nitrogens with one attached hydrogen (secondary N) is 2. The zero-order valence-corrected chi connectivity index (χ0v) is 14.5. The molecular weight excluding hydrogens is 302 g/mol. The van der Waals surface area contributed by atoms with Gasteiger partial charge >= 0.3 is 0 Å². The number of thiocarbonyl (C=S) groups is 1. The lowest BCUT2D eigenvalue weighted by molar-refractivity contribution is 0.717. The van der Waals surface area contributed by atoms with Gasteiger partial charge in [0, 0.05) is 5.69 Å². The molecule has 0 spiro atoms. The Balaban J connectivity index is 1.97. The van der Waals surface area contributed by atoms with E-state index in [1.807, 2.05) is 24.3 Å². The van der Waals surface area contributed by atoms with Gasteiger partial charge in [0.05, 0.1) is 18.5 Å². The molecule has 0 aliphatic heterocycles. The summed E-state index contributed by atoms with van der Waals surface area (Å²) in [6.45, 7) is 6.31. The smallest absolute Gasteiger partial charge is 0.171 e. The maximum absolute atomic E-state index is 8.68. The average molecular weight is 323 g/mol.